The molecule has 0 saturated carbocycles. The first-order valence-electron chi connectivity index (χ1n) is 8.65. The lowest BCUT2D eigenvalue weighted by Gasteiger charge is -2.32. The predicted molar refractivity (Wildman–Crippen MR) is 109 cm³/mol. The van der Waals surface area contributed by atoms with Crippen molar-refractivity contribution in [2.24, 2.45) is 5.41 Å². The number of carboxylic acid groups (broad SMARTS) is 2. The van der Waals surface area contributed by atoms with Crippen molar-refractivity contribution >= 4 is 64.2 Å². The number of rotatable bonds is 7. The molecule has 0 aliphatic carbocycles. The number of aliphatic carboxylic acids is 2. The monoisotopic (exact) mass is 480 g/mol. The molecule has 0 saturated heterocycles. The first-order valence-corrected chi connectivity index (χ1v) is 9.78. The van der Waals surface area contributed by atoms with Crippen LogP contribution in [0.4, 0.5) is 5.69 Å². The third-order valence-electron chi connectivity index (χ3n) is 4.54. The second-order valence-electron chi connectivity index (χ2n) is 7.22. The van der Waals surface area contributed by atoms with Gasteiger partial charge in [-0.2, -0.15) is 0 Å². The zero-order valence-electron chi connectivity index (χ0n) is 15.9. The summed E-state index contributed by atoms with van der Waals surface area (Å²) in [4.78, 5) is 46.9. The largest absolute Gasteiger partial charge is 0.481 e. The Balaban J connectivity index is 2.17. The third-order valence-corrected chi connectivity index (χ3v) is 5.96. The number of fused-ring (bicyclic) bond motifs is 1. The molecule has 0 radical (unpaired) electrons. The van der Waals surface area contributed by atoms with Crippen LogP contribution in [0.5, 0.6) is 5.75 Å². The van der Waals surface area contributed by atoms with E-state index in [-0.39, 0.29) is 17.9 Å². The van der Waals surface area contributed by atoms with Crippen molar-refractivity contribution in [1.29, 1.82) is 0 Å². The molecular weight excluding hydrogens is 463 g/mol. The van der Waals surface area contributed by atoms with Crippen LogP contribution in [0.3, 0.4) is 0 Å². The zero-order valence-corrected chi connectivity index (χ0v) is 18.1. The summed E-state index contributed by atoms with van der Waals surface area (Å²) in [6.45, 7) is 2.74. The number of benzene rings is 1. The van der Waals surface area contributed by atoms with Crippen molar-refractivity contribution in [1.82, 2.24) is 5.32 Å². The minimum Gasteiger partial charge on any atom is -0.481 e. The molecule has 164 valence electrons. The average molecular weight is 482 g/mol. The number of hydrogen-bond acceptors (Lipinski definition) is 5. The van der Waals surface area contributed by atoms with Gasteiger partial charge in [0.2, 0.25) is 9.70 Å². The maximum Gasteiger partial charge on any atom is 0.326 e. The summed E-state index contributed by atoms with van der Waals surface area (Å²) in [7, 11) is 0. The quantitative estimate of drug-likeness (QED) is 0.438. The second kappa shape index (κ2) is 8.87. The number of amides is 2. The normalized spacial score (nSPS) is 17.2. The Morgan fingerprint density at radius 3 is 2.40 bits per heavy atom. The van der Waals surface area contributed by atoms with Gasteiger partial charge in [-0.1, -0.05) is 40.9 Å². The van der Waals surface area contributed by atoms with E-state index in [0.717, 1.165) is 0 Å². The molecule has 0 fully saturated rings. The van der Waals surface area contributed by atoms with Crippen LogP contribution in [0.25, 0.3) is 0 Å². The molecule has 4 N–H and O–H groups in total. The summed E-state index contributed by atoms with van der Waals surface area (Å²) in [5, 5.41) is 23.2. The summed E-state index contributed by atoms with van der Waals surface area (Å²) >= 11 is 17.4. The van der Waals surface area contributed by atoms with E-state index in [9.17, 15) is 24.3 Å². The Morgan fingerprint density at radius 1 is 1.23 bits per heavy atom. The van der Waals surface area contributed by atoms with Crippen molar-refractivity contribution in [2.75, 3.05) is 5.32 Å². The zero-order chi connectivity index (χ0) is 22.9. The average Bonchev–Trinajstić information content (AvgIpc) is 2.60. The van der Waals surface area contributed by atoms with Crippen molar-refractivity contribution in [3.05, 3.63) is 23.8 Å². The number of alkyl halides is 3. The number of nitrogens with one attached hydrogen (secondary N) is 2. The number of carboxylic acids is 2. The summed E-state index contributed by atoms with van der Waals surface area (Å²) in [6.07, 6.45) is -1.80. The molecule has 1 aliphatic rings. The lowest BCUT2D eigenvalue weighted by atomic mass is 9.93. The number of ether oxygens (including phenoxy) is 1. The standard InChI is InChI=1S/C18H19Cl3N2O7/c1-17(2,18(19,20)21)16(29)23-10(15(27)28)6-8-3-4-11-9(5-8)22-14(26)12(30-11)7-13(24)25/h3-5,10,12H,6-7H2,1-2H3,(H,22,26)(H,23,29)(H,24,25)(H,27,28)/t10-,12?/m0/s1. The highest BCUT2D eigenvalue weighted by Gasteiger charge is 2.47. The predicted octanol–water partition coefficient (Wildman–Crippen LogP) is 2.37. The third kappa shape index (κ3) is 5.47. The smallest absolute Gasteiger partial charge is 0.326 e. The maximum absolute atomic E-state index is 12.5. The molecule has 0 spiro atoms. The summed E-state index contributed by atoms with van der Waals surface area (Å²) in [5.74, 6) is -3.63. The fourth-order valence-corrected chi connectivity index (χ4v) is 2.78. The molecule has 1 unspecified atom stereocenters. The number of hydrogen-bond donors (Lipinski definition) is 4. The molecule has 2 amide bonds. The highest BCUT2D eigenvalue weighted by atomic mass is 35.6. The van der Waals surface area contributed by atoms with Crippen LogP contribution in [0.15, 0.2) is 18.2 Å². The van der Waals surface area contributed by atoms with Gasteiger partial charge in [0, 0.05) is 6.42 Å². The molecule has 12 heteroatoms. The minimum atomic E-state index is -1.96. The van der Waals surface area contributed by atoms with E-state index in [2.05, 4.69) is 10.6 Å². The van der Waals surface area contributed by atoms with Gasteiger partial charge in [-0.3, -0.25) is 14.4 Å². The molecular formula is C18H19Cl3N2O7. The fourth-order valence-electron chi connectivity index (χ4n) is 2.52. The number of carbonyl (C=O) groups is 4. The van der Waals surface area contributed by atoms with Gasteiger partial charge in [0.15, 0.2) is 6.10 Å². The lowest BCUT2D eigenvalue weighted by Crippen LogP contribution is -2.51. The van der Waals surface area contributed by atoms with Gasteiger partial charge < -0.3 is 25.6 Å². The molecule has 1 aliphatic heterocycles. The minimum absolute atomic E-state index is 0.126. The molecule has 2 rings (SSSR count). The van der Waals surface area contributed by atoms with E-state index in [0.29, 0.717) is 5.56 Å². The van der Waals surface area contributed by atoms with E-state index in [4.69, 9.17) is 44.6 Å². The Labute approximate surface area is 186 Å². The van der Waals surface area contributed by atoms with E-state index in [1.54, 1.807) is 0 Å². The lowest BCUT2D eigenvalue weighted by molar-refractivity contribution is -0.143. The molecule has 0 bridgehead atoms. The van der Waals surface area contributed by atoms with E-state index in [1.165, 1.54) is 32.0 Å². The maximum atomic E-state index is 12.5. The molecule has 1 aromatic carbocycles. The molecule has 0 aromatic heterocycles. The van der Waals surface area contributed by atoms with Crippen molar-refractivity contribution in [3.8, 4) is 5.75 Å². The van der Waals surface area contributed by atoms with Crippen LogP contribution in [0.2, 0.25) is 0 Å². The highest BCUT2D eigenvalue weighted by Crippen LogP contribution is 2.44. The Morgan fingerprint density at radius 2 is 1.87 bits per heavy atom. The van der Waals surface area contributed by atoms with Crippen LogP contribution in [-0.2, 0) is 25.6 Å². The van der Waals surface area contributed by atoms with Crippen molar-refractivity contribution in [3.63, 3.8) is 0 Å². The second-order valence-corrected chi connectivity index (χ2v) is 9.50. The highest BCUT2D eigenvalue weighted by molar-refractivity contribution is 6.68. The van der Waals surface area contributed by atoms with Crippen LogP contribution in [-0.4, -0.2) is 49.9 Å². The number of halogens is 3. The van der Waals surface area contributed by atoms with Gasteiger partial charge in [0.1, 0.15) is 11.8 Å². The van der Waals surface area contributed by atoms with E-state index < -0.39 is 51.5 Å². The van der Waals surface area contributed by atoms with Crippen LogP contribution < -0.4 is 15.4 Å². The SMILES string of the molecule is CC(C)(C(=O)N[C@@H](Cc1ccc2c(c1)NC(=O)C(CC(=O)O)O2)C(=O)O)C(Cl)(Cl)Cl. The molecule has 1 heterocycles. The van der Waals surface area contributed by atoms with Crippen molar-refractivity contribution in [2.45, 2.75) is 42.6 Å². The molecule has 2 atom stereocenters. The fraction of sp³-hybridized carbons (Fsp3) is 0.444. The summed E-state index contributed by atoms with van der Waals surface area (Å²) in [6, 6.07) is 3.16. The van der Waals surface area contributed by atoms with Crippen LogP contribution in [0, 0.1) is 5.41 Å². The topological polar surface area (TPSA) is 142 Å². The van der Waals surface area contributed by atoms with Gasteiger partial charge in [0.05, 0.1) is 17.5 Å². The Hall–Kier alpha value is -2.23. The first kappa shape index (κ1) is 24.0. The number of anilines is 1. The number of carbonyl (C=O) groups excluding carboxylic acids is 2. The van der Waals surface area contributed by atoms with Gasteiger partial charge in [-0.15, -0.1) is 0 Å². The van der Waals surface area contributed by atoms with E-state index >= 15 is 0 Å². The Bertz CT molecular complexity index is 883. The molecule has 1 aromatic rings. The van der Waals surface area contributed by atoms with Crippen molar-refractivity contribution < 1.29 is 34.1 Å². The van der Waals surface area contributed by atoms with Gasteiger partial charge >= 0.3 is 11.9 Å². The Kier molecular flexibility index (Phi) is 7.11. The molecule has 9 nitrogen and oxygen atoms in total. The van der Waals surface area contributed by atoms with Gasteiger partial charge in [-0.25, -0.2) is 4.79 Å². The summed E-state index contributed by atoms with van der Waals surface area (Å²) < 4.78 is 3.43. The van der Waals surface area contributed by atoms with Crippen LogP contribution >= 0.6 is 34.8 Å². The first-order chi connectivity index (χ1) is 13.7. The van der Waals surface area contributed by atoms with Crippen LogP contribution in [0.1, 0.15) is 25.8 Å². The van der Waals surface area contributed by atoms with Gasteiger partial charge in [-0.05, 0) is 31.5 Å². The summed E-state index contributed by atoms with van der Waals surface area (Å²) in [5.41, 5.74) is -0.771. The van der Waals surface area contributed by atoms with Gasteiger partial charge in [0.25, 0.3) is 5.91 Å². The molecule has 30 heavy (non-hydrogen) atoms. The van der Waals surface area contributed by atoms with E-state index in [1.807, 2.05) is 0 Å².